The van der Waals surface area contributed by atoms with Crippen LogP contribution in [0.15, 0.2) is 36.5 Å². The fraction of sp³-hybridized carbons (Fsp3) is 0.480. The molecule has 4 N–H and O–H groups in total. The first-order valence-electron chi connectivity index (χ1n) is 11.3. The van der Waals surface area contributed by atoms with Crippen molar-refractivity contribution in [3.8, 4) is 5.75 Å². The Kier molecular flexibility index (Phi) is 9.82. The number of aliphatic hydroxyl groups is 1. The Balaban J connectivity index is 0.000000328. The number of carbonyl (C=O) groups is 1. The van der Waals surface area contributed by atoms with Crippen LogP contribution in [0.25, 0.3) is 0 Å². The van der Waals surface area contributed by atoms with Crippen LogP contribution in [0.1, 0.15) is 55.7 Å². The second kappa shape index (κ2) is 12.1. The molecule has 1 aliphatic rings. The van der Waals surface area contributed by atoms with Gasteiger partial charge in [-0.1, -0.05) is 12.1 Å². The Morgan fingerprint density at radius 3 is 2.54 bits per heavy atom. The van der Waals surface area contributed by atoms with Crippen molar-refractivity contribution in [1.82, 2.24) is 10.3 Å². The summed E-state index contributed by atoms with van der Waals surface area (Å²) >= 11 is 0. The Hall–Kier alpha value is -2.95. The fourth-order valence-corrected chi connectivity index (χ4v) is 3.68. The monoisotopic (exact) mass is 492 g/mol. The topological polar surface area (TPSA) is 117 Å². The third kappa shape index (κ3) is 7.51. The van der Waals surface area contributed by atoms with Crippen LogP contribution in [0.3, 0.4) is 0 Å². The van der Waals surface area contributed by atoms with Gasteiger partial charge in [-0.2, -0.15) is 8.78 Å². The highest BCUT2D eigenvalue weighted by atomic mass is 19.3. The summed E-state index contributed by atoms with van der Waals surface area (Å²) in [6.45, 7) is 5.88. The molecule has 35 heavy (non-hydrogen) atoms. The largest absolute Gasteiger partial charge is 0.435 e. The van der Waals surface area contributed by atoms with Crippen LogP contribution in [0.2, 0.25) is 0 Å². The number of carbonyl (C=O) groups excluding carboxylic acids is 1. The van der Waals surface area contributed by atoms with Crippen LogP contribution in [0, 0.1) is 5.41 Å². The number of hydrogen-bond donors (Lipinski definition) is 4. The molecule has 1 atom stereocenters. The number of rotatable bonds is 9. The molecule has 2 aromatic rings. The predicted molar refractivity (Wildman–Crippen MR) is 131 cm³/mol. The van der Waals surface area contributed by atoms with E-state index in [4.69, 9.17) is 10.1 Å². The third-order valence-electron chi connectivity index (χ3n) is 5.75. The summed E-state index contributed by atoms with van der Waals surface area (Å²) in [7, 11) is 1.87. The molecule has 1 fully saturated rings. The van der Waals surface area contributed by atoms with E-state index in [1.165, 1.54) is 24.4 Å². The van der Waals surface area contributed by atoms with Gasteiger partial charge in [-0.25, -0.2) is 0 Å². The first-order valence-corrected chi connectivity index (χ1v) is 11.3. The molecule has 2 heterocycles. The minimum atomic E-state index is -2.93. The molecule has 0 saturated carbocycles. The lowest BCUT2D eigenvalue weighted by atomic mass is 9.82. The van der Waals surface area contributed by atoms with Crippen molar-refractivity contribution in [1.29, 1.82) is 5.41 Å². The van der Waals surface area contributed by atoms with Crippen LogP contribution >= 0.6 is 0 Å². The summed E-state index contributed by atoms with van der Waals surface area (Å²) in [5, 5.41) is 24.4. The number of likely N-dealkylation sites (N-methyl/N-ethyl adjacent to an activating group) is 1. The van der Waals surface area contributed by atoms with Gasteiger partial charge in [-0.3, -0.25) is 15.2 Å². The van der Waals surface area contributed by atoms with Gasteiger partial charge in [0.15, 0.2) is 6.29 Å². The molecule has 8 nitrogen and oxygen atoms in total. The van der Waals surface area contributed by atoms with Crippen molar-refractivity contribution in [2.24, 2.45) is 0 Å². The minimum Gasteiger partial charge on any atom is -0.435 e. The van der Waals surface area contributed by atoms with Crippen molar-refractivity contribution in [2.75, 3.05) is 25.6 Å². The number of hydrogen-bond acceptors (Lipinski definition) is 8. The zero-order valence-corrected chi connectivity index (χ0v) is 20.7. The smallest absolute Gasteiger partial charge is 0.387 e. The number of anilines is 1. The van der Waals surface area contributed by atoms with Gasteiger partial charge in [-0.05, 0) is 59.4 Å². The van der Waals surface area contributed by atoms with E-state index >= 15 is 0 Å². The van der Waals surface area contributed by atoms with E-state index in [0.29, 0.717) is 35.4 Å². The number of nitrogens with zero attached hydrogens (tertiary/aromatic N) is 1. The molecule has 0 radical (unpaired) electrons. The molecule has 1 aromatic heterocycles. The molecule has 0 amide bonds. The Morgan fingerprint density at radius 2 is 2.06 bits per heavy atom. The first-order chi connectivity index (χ1) is 16.4. The average Bonchev–Trinajstić information content (AvgIpc) is 3.29. The second-order valence-corrected chi connectivity index (χ2v) is 9.06. The van der Waals surface area contributed by atoms with Gasteiger partial charge in [0.25, 0.3) is 0 Å². The van der Waals surface area contributed by atoms with E-state index in [-0.39, 0.29) is 23.0 Å². The van der Waals surface area contributed by atoms with Crippen LogP contribution in [0.5, 0.6) is 5.75 Å². The van der Waals surface area contributed by atoms with Crippen molar-refractivity contribution in [2.45, 2.75) is 57.9 Å². The summed E-state index contributed by atoms with van der Waals surface area (Å²) in [6, 6.07) is 7.53. The van der Waals surface area contributed by atoms with Gasteiger partial charge in [0, 0.05) is 30.0 Å². The van der Waals surface area contributed by atoms with Gasteiger partial charge in [-0.15, -0.1) is 0 Å². The van der Waals surface area contributed by atoms with Crippen LogP contribution < -0.4 is 15.4 Å². The highest BCUT2D eigenvalue weighted by Gasteiger charge is 2.45. The summed E-state index contributed by atoms with van der Waals surface area (Å²) in [4.78, 5) is 15.1. The lowest BCUT2D eigenvalue weighted by Crippen LogP contribution is -2.59. The molecular weight excluding hydrogens is 458 g/mol. The SMILES string of the molecule is CC(C)Nc1cc(C=O)cnc1C(=N)c1cccc(OC(F)F)c1.CNC1(C(C)(C)O)CCOC1. The summed E-state index contributed by atoms with van der Waals surface area (Å²) < 4.78 is 34.3. The second-order valence-electron chi connectivity index (χ2n) is 9.06. The van der Waals surface area contributed by atoms with E-state index in [2.05, 4.69) is 20.4 Å². The average molecular weight is 493 g/mol. The Morgan fingerprint density at radius 1 is 1.34 bits per heavy atom. The molecule has 0 bridgehead atoms. The van der Waals surface area contributed by atoms with Crippen molar-refractivity contribution < 1.29 is 28.2 Å². The lowest BCUT2D eigenvalue weighted by Gasteiger charge is -2.38. The third-order valence-corrected chi connectivity index (χ3v) is 5.75. The fourth-order valence-electron chi connectivity index (χ4n) is 3.68. The zero-order chi connectivity index (χ0) is 26.2. The minimum absolute atomic E-state index is 0.0323. The molecule has 0 aliphatic carbocycles. The van der Waals surface area contributed by atoms with Gasteiger partial charge >= 0.3 is 6.61 Å². The van der Waals surface area contributed by atoms with Crippen LogP contribution in [-0.2, 0) is 4.74 Å². The molecular formula is C25H34F2N4O4. The molecule has 1 saturated heterocycles. The maximum absolute atomic E-state index is 12.3. The van der Waals surface area contributed by atoms with Gasteiger partial charge in [0.1, 0.15) is 11.4 Å². The van der Waals surface area contributed by atoms with Crippen LogP contribution in [-0.4, -0.2) is 66.1 Å². The van der Waals surface area contributed by atoms with E-state index in [0.717, 1.165) is 13.0 Å². The standard InChI is InChI=1S/C17H17F2N3O2.C8H17NO2/c1-10(2)22-14-6-11(9-23)8-21-16(14)15(20)12-4-3-5-13(7-12)24-17(18)19;1-7(2,10)8(9-3)4-5-11-6-8/h3-10,17,20,22H,1-2H3;9-10H,4-6H2,1-3H3. The van der Waals surface area contributed by atoms with Gasteiger partial charge in [0.2, 0.25) is 0 Å². The van der Waals surface area contributed by atoms with Gasteiger partial charge < -0.3 is 25.2 Å². The van der Waals surface area contributed by atoms with Crippen molar-refractivity contribution in [3.63, 3.8) is 0 Å². The number of alkyl halides is 2. The summed E-state index contributed by atoms with van der Waals surface area (Å²) in [6.07, 6.45) is 2.91. The normalized spacial score (nSPS) is 17.7. The van der Waals surface area contributed by atoms with Gasteiger partial charge in [0.05, 0.1) is 29.1 Å². The number of benzene rings is 1. The van der Waals surface area contributed by atoms with Crippen molar-refractivity contribution in [3.05, 3.63) is 53.3 Å². The molecule has 3 rings (SSSR count). The maximum Gasteiger partial charge on any atom is 0.387 e. The number of halogens is 2. The van der Waals surface area contributed by atoms with Crippen molar-refractivity contribution >= 4 is 17.7 Å². The number of aldehydes is 1. The lowest BCUT2D eigenvalue weighted by molar-refractivity contribution is -0.0498. The summed E-state index contributed by atoms with van der Waals surface area (Å²) in [5.41, 5.74) is 0.694. The molecule has 192 valence electrons. The Labute approximate surface area is 204 Å². The summed E-state index contributed by atoms with van der Waals surface area (Å²) in [5.74, 6) is -0.0323. The number of ether oxygens (including phenoxy) is 2. The highest BCUT2D eigenvalue weighted by molar-refractivity contribution is 6.13. The molecule has 1 aliphatic heterocycles. The van der Waals surface area contributed by atoms with Crippen LogP contribution in [0.4, 0.5) is 14.5 Å². The number of aromatic nitrogens is 1. The molecule has 0 spiro atoms. The van der Waals surface area contributed by atoms with E-state index in [1.807, 2.05) is 34.7 Å². The Bertz CT molecular complexity index is 1000. The zero-order valence-electron chi connectivity index (χ0n) is 20.7. The number of nitrogens with one attached hydrogen (secondary N) is 3. The van der Waals surface area contributed by atoms with E-state index in [9.17, 15) is 18.7 Å². The van der Waals surface area contributed by atoms with E-state index in [1.54, 1.807) is 12.1 Å². The first kappa shape index (κ1) is 28.3. The predicted octanol–water partition coefficient (Wildman–Crippen LogP) is 3.87. The maximum atomic E-state index is 12.3. The quantitative estimate of drug-likeness (QED) is 0.310. The molecule has 1 aromatic carbocycles. The molecule has 1 unspecified atom stereocenters. The highest BCUT2D eigenvalue weighted by Crippen LogP contribution is 2.29. The van der Waals surface area contributed by atoms with E-state index < -0.39 is 12.2 Å². The number of pyridine rings is 1. The molecule has 10 heteroatoms.